The zero-order valence-electron chi connectivity index (χ0n) is 22.7. The maximum absolute atomic E-state index is 14.1. The highest BCUT2D eigenvalue weighted by molar-refractivity contribution is 6.03. The van der Waals surface area contributed by atoms with Crippen LogP contribution in [0.2, 0.25) is 0 Å². The zero-order chi connectivity index (χ0) is 27.6. The second-order valence-corrected chi connectivity index (χ2v) is 9.69. The minimum Gasteiger partial charge on any atom is -0.496 e. The van der Waals surface area contributed by atoms with E-state index in [0.29, 0.717) is 29.2 Å². The van der Waals surface area contributed by atoms with E-state index in [0.717, 1.165) is 21.9 Å². The SMILES string of the molecule is CC[C@@H](C)C(=O)N[C@@H]1C(=O)N(Cc2c(OC)ccc3cc(C(=O)OC)ccc23)c2ccc(C)cc2O[C@H]1C. The lowest BCUT2D eigenvalue weighted by Crippen LogP contribution is -2.54. The Kier molecular flexibility index (Phi) is 7.90. The average molecular weight is 519 g/mol. The van der Waals surface area contributed by atoms with Gasteiger partial charge in [-0.05, 0) is 66.9 Å². The van der Waals surface area contributed by atoms with Gasteiger partial charge in [0.2, 0.25) is 5.91 Å². The van der Waals surface area contributed by atoms with Gasteiger partial charge in [-0.15, -0.1) is 0 Å². The number of nitrogens with one attached hydrogen (secondary N) is 1. The fourth-order valence-electron chi connectivity index (χ4n) is 4.65. The lowest BCUT2D eigenvalue weighted by molar-refractivity contribution is -0.131. The van der Waals surface area contributed by atoms with Crippen molar-refractivity contribution in [2.24, 2.45) is 5.92 Å². The number of carbonyl (C=O) groups is 3. The van der Waals surface area contributed by atoms with Crippen LogP contribution in [0, 0.1) is 12.8 Å². The van der Waals surface area contributed by atoms with Gasteiger partial charge in [-0.25, -0.2) is 4.79 Å². The molecule has 38 heavy (non-hydrogen) atoms. The monoisotopic (exact) mass is 518 g/mol. The van der Waals surface area contributed by atoms with E-state index >= 15 is 0 Å². The summed E-state index contributed by atoms with van der Waals surface area (Å²) in [5.41, 5.74) is 2.79. The van der Waals surface area contributed by atoms with Gasteiger partial charge >= 0.3 is 5.97 Å². The van der Waals surface area contributed by atoms with Gasteiger partial charge in [0.1, 0.15) is 23.6 Å². The molecule has 0 fully saturated rings. The van der Waals surface area contributed by atoms with Crippen molar-refractivity contribution >= 4 is 34.2 Å². The Morgan fingerprint density at radius 3 is 2.55 bits per heavy atom. The van der Waals surface area contributed by atoms with Gasteiger partial charge in [0, 0.05) is 11.5 Å². The number of amides is 2. The molecule has 3 aromatic rings. The Bertz CT molecular complexity index is 1380. The van der Waals surface area contributed by atoms with E-state index in [1.165, 1.54) is 7.11 Å². The van der Waals surface area contributed by atoms with Crippen LogP contribution in [-0.2, 0) is 20.9 Å². The Morgan fingerprint density at radius 1 is 1.11 bits per heavy atom. The fraction of sp³-hybridized carbons (Fsp3) is 0.367. The summed E-state index contributed by atoms with van der Waals surface area (Å²) in [6, 6.07) is 13.8. The van der Waals surface area contributed by atoms with Crippen molar-refractivity contribution in [2.75, 3.05) is 19.1 Å². The van der Waals surface area contributed by atoms with Gasteiger partial charge in [0.05, 0.1) is 32.0 Å². The average Bonchev–Trinajstić information content (AvgIpc) is 3.01. The topological polar surface area (TPSA) is 94.2 Å². The number of carbonyl (C=O) groups excluding carboxylic acids is 3. The van der Waals surface area contributed by atoms with E-state index in [9.17, 15) is 14.4 Å². The predicted octanol–water partition coefficient (Wildman–Crippen LogP) is 4.79. The lowest BCUT2D eigenvalue weighted by atomic mass is 9.99. The van der Waals surface area contributed by atoms with Gasteiger partial charge in [0.15, 0.2) is 0 Å². The van der Waals surface area contributed by atoms with E-state index in [1.807, 2.05) is 57.2 Å². The molecule has 8 nitrogen and oxygen atoms in total. The Balaban J connectivity index is 1.83. The van der Waals surface area contributed by atoms with Crippen LogP contribution < -0.4 is 19.7 Å². The van der Waals surface area contributed by atoms with Crippen LogP contribution in [0.15, 0.2) is 48.5 Å². The van der Waals surface area contributed by atoms with Crippen molar-refractivity contribution in [3.05, 3.63) is 65.2 Å². The van der Waals surface area contributed by atoms with Gasteiger partial charge in [-0.2, -0.15) is 0 Å². The first-order chi connectivity index (χ1) is 18.2. The second-order valence-electron chi connectivity index (χ2n) is 9.69. The highest BCUT2D eigenvalue weighted by atomic mass is 16.5. The Labute approximate surface area is 222 Å². The molecule has 0 bridgehead atoms. The van der Waals surface area contributed by atoms with Gasteiger partial charge in [-0.3, -0.25) is 9.59 Å². The summed E-state index contributed by atoms with van der Waals surface area (Å²) in [6.45, 7) is 7.69. The summed E-state index contributed by atoms with van der Waals surface area (Å²) in [5.74, 6) is 0.0331. The summed E-state index contributed by atoms with van der Waals surface area (Å²) in [4.78, 5) is 40.7. The van der Waals surface area contributed by atoms with Crippen LogP contribution in [0.25, 0.3) is 10.8 Å². The van der Waals surface area contributed by atoms with Gasteiger partial charge < -0.3 is 24.4 Å². The summed E-state index contributed by atoms with van der Waals surface area (Å²) < 4.78 is 16.8. The zero-order valence-corrected chi connectivity index (χ0v) is 22.7. The Morgan fingerprint density at radius 2 is 1.87 bits per heavy atom. The minimum atomic E-state index is -0.879. The molecule has 3 aromatic carbocycles. The third kappa shape index (κ3) is 5.16. The third-order valence-electron chi connectivity index (χ3n) is 7.12. The second kappa shape index (κ2) is 11.1. The molecule has 0 aromatic heterocycles. The van der Waals surface area contributed by atoms with Crippen molar-refractivity contribution in [1.82, 2.24) is 5.32 Å². The molecular weight excluding hydrogens is 484 g/mol. The number of hydrogen-bond acceptors (Lipinski definition) is 6. The molecule has 0 aliphatic carbocycles. The van der Waals surface area contributed by atoms with Crippen LogP contribution in [0.4, 0.5) is 5.69 Å². The standard InChI is InChI=1S/C30H34N2O6/c1-7-18(3)28(33)31-27-19(4)38-26-14-17(2)8-12-24(26)32(29(27)34)16-23-22-11-9-21(30(35)37-6)15-20(22)10-13-25(23)36-5/h8-15,18-19,27H,7,16H2,1-6H3,(H,31,33)/t18-,19+,27+/m1/s1. The highest BCUT2D eigenvalue weighted by Gasteiger charge is 2.38. The van der Waals surface area contributed by atoms with Crippen LogP contribution in [0.1, 0.15) is 48.7 Å². The smallest absolute Gasteiger partial charge is 0.337 e. The number of rotatable bonds is 7. The molecule has 1 N–H and O–H groups in total. The maximum atomic E-state index is 14.1. The molecule has 0 spiro atoms. The Hall–Kier alpha value is -4.07. The largest absolute Gasteiger partial charge is 0.496 e. The highest BCUT2D eigenvalue weighted by Crippen LogP contribution is 2.38. The number of hydrogen-bond donors (Lipinski definition) is 1. The molecule has 0 saturated heterocycles. The lowest BCUT2D eigenvalue weighted by Gasteiger charge is -2.28. The van der Waals surface area contributed by atoms with E-state index in [1.54, 1.807) is 31.1 Å². The van der Waals surface area contributed by atoms with Crippen molar-refractivity contribution in [2.45, 2.75) is 52.8 Å². The first-order valence-corrected chi connectivity index (χ1v) is 12.8. The van der Waals surface area contributed by atoms with Crippen molar-refractivity contribution in [3.63, 3.8) is 0 Å². The van der Waals surface area contributed by atoms with E-state index < -0.39 is 18.1 Å². The third-order valence-corrected chi connectivity index (χ3v) is 7.12. The minimum absolute atomic E-state index is 0.165. The molecule has 1 heterocycles. The van der Waals surface area contributed by atoms with Crippen LogP contribution in [0.5, 0.6) is 11.5 Å². The number of fused-ring (bicyclic) bond motifs is 2. The van der Waals surface area contributed by atoms with Crippen LogP contribution in [-0.4, -0.2) is 44.1 Å². The summed E-state index contributed by atoms with van der Waals surface area (Å²) in [5, 5.41) is 4.57. The molecule has 0 saturated carbocycles. The quantitative estimate of drug-likeness (QED) is 0.452. The van der Waals surface area contributed by atoms with Crippen molar-refractivity contribution in [1.29, 1.82) is 0 Å². The van der Waals surface area contributed by atoms with Crippen molar-refractivity contribution in [3.8, 4) is 11.5 Å². The maximum Gasteiger partial charge on any atom is 0.337 e. The first kappa shape index (κ1) is 27.0. The van der Waals surface area contributed by atoms with Crippen LogP contribution >= 0.6 is 0 Å². The van der Waals surface area contributed by atoms with E-state index in [-0.39, 0.29) is 24.3 Å². The molecule has 200 valence electrons. The van der Waals surface area contributed by atoms with Gasteiger partial charge in [-0.1, -0.05) is 32.0 Å². The number of esters is 1. The fourth-order valence-corrected chi connectivity index (χ4v) is 4.65. The number of benzene rings is 3. The number of ether oxygens (including phenoxy) is 3. The molecule has 4 rings (SSSR count). The number of nitrogens with zero attached hydrogens (tertiary/aromatic N) is 1. The predicted molar refractivity (Wildman–Crippen MR) is 146 cm³/mol. The molecule has 0 unspecified atom stereocenters. The summed E-state index contributed by atoms with van der Waals surface area (Å²) >= 11 is 0. The first-order valence-electron chi connectivity index (χ1n) is 12.8. The van der Waals surface area contributed by atoms with Crippen molar-refractivity contribution < 1.29 is 28.6 Å². The van der Waals surface area contributed by atoms with E-state index in [4.69, 9.17) is 14.2 Å². The van der Waals surface area contributed by atoms with Crippen LogP contribution in [0.3, 0.4) is 0 Å². The number of aryl methyl sites for hydroxylation is 1. The molecular formula is C30H34N2O6. The van der Waals surface area contributed by atoms with Gasteiger partial charge in [0.25, 0.3) is 5.91 Å². The number of anilines is 1. The van der Waals surface area contributed by atoms with E-state index in [2.05, 4.69) is 5.32 Å². The molecule has 1 aliphatic heterocycles. The number of methoxy groups -OCH3 is 2. The molecule has 1 aliphatic rings. The molecule has 8 heteroatoms. The molecule has 3 atom stereocenters. The summed E-state index contributed by atoms with van der Waals surface area (Å²) in [7, 11) is 2.92. The summed E-state index contributed by atoms with van der Waals surface area (Å²) in [6.07, 6.45) is 0.0735. The normalized spacial score (nSPS) is 17.7. The molecule has 0 radical (unpaired) electrons. The molecule has 2 amide bonds.